The minimum Gasteiger partial charge on any atom is -0.462 e. The van der Waals surface area contributed by atoms with Crippen LogP contribution < -0.4 is 0 Å². The summed E-state index contributed by atoms with van der Waals surface area (Å²) in [6, 6.07) is 0. The molecular formula is C34H53ClO10. The van der Waals surface area contributed by atoms with Gasteiger partial charge in [0.15, 0.2) is 0 Å². The average Bonchev–Trinajstić information content (AvgIpc) is 2.93. The molecule has 0 aromatic rings. The highest BCUT2D eigenvalue weighted by Gasteiger charge is 2.36. The van der Waals surface area contributed by atoms with E-state index in [-0.39, 0.29) is 37.0 Å². The fourth-order valence-electron chi connectivity index (χ4n) is 5.34. The van der Waals surface area contributed by atoms with Gasteiger partial charge in [0, 0.05) is 32.6 Å². The van der Waals surface area contributed by atoms with Gasteiger partial charge in [-0.25, -0.2) is 0 Å². The van der Waals surface area contributed by atoms with E-state index in [1.807, 2.05) is 52.8 Å². The SMILES string of the molecule is CCC(OC(C)=O)C(C)C(O)C(Cl)CC(C)/C=C/C=C(\C)C1OC(=O)CC(OC(C)=O)CCC(C)(O)C(OC(C)=O)/C=C\C1C. The number of halogens is 1. The van der Waals surface area contributed by atoms with E-state index in [9.17, 15) is 29.4 Å². The van der Waals surface area contributed by atoms with Crippen LogP contribution in [-0.4, -0.2) is 75.6 Å². The Morgan fingerprint density at radius 2 is 1.73 bits per heavy atom. The lowest BCUT2D eigenvalue weighted by molar-refractivity contribution is -0.160. The second kappa shape index (κ2) is 19.1. The van der Waals surface area contributed by atoms with Crippen LogP contribution in [0.1, 0.15) is 94.4 Å². The zero-order valence-electron chi connectivity index (χ0n) is 28.2. The Labute approximate surface area is 273 Å². The van der Waals surface area contributed by atoms with E-state index in [4.69, 9.17) is 30.5 Å². The highest BCUT2D eigenvalue weighted by molar-refractivity contribution is 6.21. The summed E-state index contributed by atoms with van der Waals surface area (Å²) in [4.78, 5) is 47.9. The van der Waals surface area contributed by atoms with Crippen LogP contribution in [0.2, 0.25) is 0 Å². The van der Waals surface area contributed by atoms with E-state index < -0.39 is 65.4 Å². The Morgan fingerprint density at radius 3 is 2.29 bits per heavy atom. The summed E-state index contributed by atoms with van der Waals surface area (Å²) in [5.74, 6) is -2.80. The van der Waals surface area contributed by atoms with Crippen LogP contribution in [-0.2, 0) is 38.1 Å². The van der Waals surface area contributed by atoms with Crippen molar-refractivity contribution in [3.05, 3.63) is 36.0 Å². The van der Waals surface area contributed by atoms with Crippen LogP contribution >= 0.6 is 11.6 Å². The third-order valence-corrected chi connectivity index (χ3v) is 8.43. The monoisotopic (exact) mass is 656 g/mol. The first-order valence-electron chi connectivity index (χ1n) is 15.7. The predicted octanol–water partition coefficient (Wildman–Crippen LogP) is 5.36. The molecule has 1 rings (SSSR count). The molecule has 11 heteroatoms. The van der Waals surface area contributed by atoms with Gasteiger partial charge in [0.1, 0.15) is 30.0 Å². The fraction of sp³-hybridized carbons (Fsp3) is 0.706. The van der Waals surface area contributed by atoms with Crippen LogP contribution in [0, 0.1) is 17.8 Å². The molecule has 0 saturated heterocycles. The number of aliphatic hydroxyl groups is 2. The van der Waals surface area contributed by atoms with Crippen molar-refractivity contribution in [2.45, 2.75) is 136 Å². The van der Waals surface area contributed by atoms with Crippen LogP contribution in [0.4, 0.5) is 0 Å². The van der Waals surface area contributed by atoms with Crippen LogP contribution in [0.3, 0.4) is 0 Å². The molecule has 0 bridgehead atoms. The van der Waals surface area contributed by atoms with Crippen molar-refractivity contribution in [2.24, 2.45) is 17.8 Å². The molecule has 10 nitrogen and oxygen atoms in total. The lowest BCUT2D eigenvalue weighted by Gasteiger charge is -2.33. The van der Waals surface area contributed by atoms with E-state index in [1.165, 1.54) is 27.7 Å². The summed E-state index contributed by atoms with van der Waals surface area (Å²) < 4.78 is 22.0. The van der Waals surface area contributed by atoms with Gasteiger partial charge in [-0.15, -0.1) is 11.6 Å². The molecule has 1 heterocycles. The molecule has 0 aliphatic carbocycles. The molecule has 2 N–H and O–H groups in total. The smallest absolute Gasteiger partial charge is 0.310 e. The molecule has 10 atom stereocenters. The van der Waals surface area contributed by atoms with Crippen molar-refractivity contribution in [2.75, 3.05) is 0 Å². The van der Waals surface area contributed by atoms with Crippen molar-refractivity contribution < 1.29 is 48.3 Å². The summed E-state index contributed by atoms with van der Waals surface area (Å²) in [5, 5.41) is 21.4. The summed E-state index contributed by atoms with van der Waals surface area (Å²) in [7, 11) is 0. The van der Waals surface area contributed by atoms with Crippen molar-refractivity contribution >= 4 is 35.5 Å². The summed E-state index contributed by atoms with van der Waals surface area (Å²) >= 11 is 6.57. The lowest BCUT2D eigenvalue weighted by Crippen LogP contribution is -2.42. The first-order chi connectivity index (χ1) is 20.9. The Morgan fingerprint density at radius 1 is 1.11 bits per heavy atom. The third-order valence-electron chi connectivity index (χ3n) is 7.99. The van der Waals surface area contributed by atoms with Crippen molar-refractivity contribution in [1.82, 2.24) is 0 Å². The zero-order valence-corrected chi connectivity index (χ0v) is 28.9. The Bertz CT molecular complexity index is 1080. The maximum absolute atomic E-state index is 13.0. The van der Waals surface area contributed by atoms with E-state index in [2.05, 4.69) is 0 Å². The van der Waals surface area contributed by atoms with Crippen LogP contribution in [0.15, 0.2) is 36.0 Å². The van der Waals surface area contributed by atoms with E-state index in [0.717, 1.165) is 5.57 Å². The first kappa shape index (κ1) is 40.3. The Balaban J connectivity index is 3.17. The number of carbonyl (C=O) groups is 4. The quantitative estimate of drug-likeness (QED) is 0.0925. The van der Waals surface area contributed by atoms with Gasteiger partial charge < -0.3 is 29.2 Å². The van der Waals surface area contributed by atoms with Gasteiger partial charge in [0.2, 0.25) is 0 Å². The summed E-state index contributed by atoms with van der Waals surface area (Å²) in [6.45, 7) is 14.7. The van der Waals surface area contributed by atoms with E-state index >= 15 is 0 Å². The highest BCUT2D eigenvalue weighted by atomic mass is 35.5. The lowest BCUT2D eigenvalue weighted by atomic mass is 9.88. The van der Waals surface area contributed by atoms with Crippen LogP contribution in [0.5, 0.6) is 0 Å². The fourth-order valence-corrected chi connectivity index (χ4v) is 5.85. The van der Waals surface area contributed by atoms with E-state index in [0.29, 0.717) is 12.8 Å². The van der Waals surface area contributed by atoms with Gasteiger partial charge in [0.05, 0.1) is 17.9 Å². The number of carbonyl (C=O) groups excluding carboxylic acids is 4. The Hall–Kier alpha value is -2.69. The second-order valence-electron chi connectivity index (χ2n) is 12.4. The standard InChI is InChI=1S/C34H53ClO10/c1-10-29(43-25(7)37)23(5)32(40)28(35)18-20(2)12-11-13-21(3)33-22(4)14-15-30(44-26(8)38)34(9,41)17-16-27(42-24(6)36)19-31(39)45-33/h11-15,20,22-23,27-30,32-33,40-41H,10,16-19H2,1-9H3/b12-11+,15-14-,21-13+. The molecule has 256 valence electrons. The van der Waals surface area contributed by atoms with Gasteiger partial charge in [-0.1, -0.05) is 52.0 Å². The minimum atomic E-state index is -1.48. The first-order valence-corrected chi connectivity index (χ1v) is 16.1. The number of hydrogen-bond acceptors (Lipinski definition) is 10. The van der Waals surface area contributed by atoms with E-state index in [1.54, 1.807) is 12.2 Å². The molecule has 0 saturated carbocycles. The molecule has 0 aromatic heterocycles. The molecule has 1 aliphatic heterocycles. The molecule has 10 unspecified atom stereocenters. The van der Waals surface area contributed by atoms with Crippen molar-refractivity contribution in [3.63, 3.8) is 0 Å². The molecule has 0 spiro atoms. The number of esters is 4. The number of ether oxygens (including phenoxy) is 4. The normalized spacial score (nSPS) is 29.2. The third kappa shape index (κ3) is 14.5. The summed E-state index contributed by atoms with van der Waals surface area (Å²) in [5.41, 5.74) is -0.754. The molecule has 0 aromatic carbocycles. The Kier molecular flexibility index (Phi) is 17.1. The van der Waals surface area contributed by atoms with Crippen molar-refractivity contribution in [1.29, 1.82) is 0 Å². The van der Waals surface area contributed by atoms with Crippen molar-refractivity contribution in [3.8, 4) is 0 Å². The molecule has 1 aliphatic rings. The molecule has 0 radical (unpaired) electrons. The van der Waals surface area contributed by atoms with Gasteiger partial charge >= 0.3 is 23.9 Å². The zero-order chi connectivity index (χ0) is 34.5. The number of cyclic esters (lactones) is 1. The molecule has 0 amide bonds. The van der Waals surface area contributed by atoms with Gasteiger partial charge in [-0.3, -0.25) is 19.2 Å². The predicted molar refractivity (Wildman–Crippen MR) is 171 cm³/mol. The average molecular weight is 657 g/mol. The van der Waals surface area contributed by atoms with Gasteiger partial charge in [0.25, 0.3) is 0 Å². The molecule has 45 heavy (non-hydrogen) atoms. The molecular weight excluding hydrogens is 604 g/mol. The summed E-state index contributed by atoms with van der Waals surface area (Å²) in [6.07, 6.45) is 6.21. The number of aliphatic hydroxyl groups excluding tert-OH is 1. The number of rotatable bonds is 12. The van der Waals surface area contributed by atoms with Gasteiger partial charge in [-0.2, -0.15) is 0 Å². The van der Waals surface area contributed by atoms with Crippen LogP contribution in [0.25, 0.3) is 0 Å². The number of hydrogen-bond donors (Lipinski definition) is 2. The maximum Gasteiger partial charge on any atom is 0.310 e. The molecule has 0 fully saturated rings. The topological polar surface area (TPSA) is 146 Å². The number of alkyl halides is 1. The second-order valence-corrected chi connectivity index (χ2v) is 13.0. The largest absolute Gasteiger partial charge is 0.462 e. The minimum absolute atomic E-state index is 0.0143. The van der Waals surface area contributed by atoms with Gasteiger partial charge in [-0.05, 0) is 57.1 Å². The maximum atomic E-state index is 13.0. The number of allylic oxidation sites excluding steroid dienone is 3. The highest BCUT2D eigenvalue weighted by Crippen LogP contribution is 2.28.